The number of rotatable bonds is 2. The molecule has 0 aliphatic carbocycles. The molecule has 0 unspecified atom stereocenters. The van der Waals surface area contributed by atoms with E-state index in [1.54, 1.807) is 29.7 Å². The summed E-state index contributed by atoms with van der Waals surface area (Å²) in [5.41, 5.74) is 8.26. The molecule has 0 fully saturated rings. The van der Waals surface area contributed by atoms with Gasteiger partial charge in [0.2, 0.25) is 0 Å². The molecule has 1 aliphatic heterocycles. The summed E-state index contributed by atoms with van der Waals surface area (Å²) in [4.78, 5) is 19.9. The summed E-state index contributed by atoms with van der Waals surface area (Å²) in [6.07, 6.45) is 2.60. The summed E-state index contributed by atoms with van der Waals surface area (Å²) in [7, 11) is 0. The van der Waals surface area contributed by atoms with Crippen molar-refractivity contribution in [2.45, 2.75) is 19.5 Å². The fourth-order valence-corrected chi connectivity index (χ4v) is 3.22. The van der Waals surface area contributed by atoms with E-state index in [0.29, 0.717) is 18.7 Å². The van der Waals surface area contributed by atoms with E-state index >= 15 is 0 Å². The minimum Gasteiger partial charge on any atom is -0.334 e. The average Bonchev–Trinajstić information content (AvgIpc) is 2.94. The molecule has 0 atom stereocenters. The molecule has 0 spiro atoms. The van der Waals surface area contributed by atoms with E-state index in [4.69, 9.17) is 5.73 Å². The Morgan fingerprint density at radius 3 is 3.21 bits per heavy atom. The third-order valence-corrected chi connectivity index (χ3v) is 4.39. The Morgan fingerprint density at radius 2 is 2.37 bits per heavy atom. The number of hydrogen-bond acceptors (Lipinski definition) is 4. The van der Waals surface area contributed by atoms with Gasteiger partial charge in [0.1, 0.15) is 0 Å². The Kier molecular flexibility index (Phi) is 3.31. The second kappa shape index (κ2) is 5.11. The predicted octanol–water partition coefficient (Wildman–Crippen LogP) is 1.80. The zero-order chi connectivity index (χ0) is 13.2. The number of nitrogens with two attached hydrogens (primary N) is 1. The molecule has 2 aromatic rings. The minimum atomic E-state index is 0.0638. The van der Waals surface area contributed by atoms with Crippen LogP contribution in [0.25, 0.3) is 0 Å². The highest BCUT2D eigenvalue weighted by Gasteiger charge is 2.22. The molecule has 0 saturated carbocycles. The van der Waals surface area contributed by atoms with Crippen molar-refractivity contribution >= 4 is 17.2 Å². The van der Waals surface area contributed by atoms with Crippen LogP contribution in [0.4, 0.5) is 0 Å². The topological polar surface area (TPSA) is 59.2 Å². The Labute approximate surface area is 115 Å². The van der Waals surface area contributed by atoms with Crippen LogP contribution in [0.5, 0.6) is 0 Å². The molecule has 5 heteroatoms. The quantitative estimate of drug-likeness (QED) is 0.907. The van der Waals surface area contributed by atoms with Crippen molar-refractivity contribution in [3.8, 4) is 0 Å². The van der Waals surface area contributed by atoms with E-state index in [1.807, 2.05) is 4.90 Å². The molecule has 3 heterocycles. The van der Waals surface area contributed by atoms with Crippen LogP contribution in [0.15, 0.2) is 29.8 Å². The standard InChI is InChI=1S/C14H15N3OS/c15-8-12-7-10(1-4-16-12)14(18)17-5-2-13-11(9-17)3-6-19-13/h1,3-4,6-7H,2,5,8-9,15H2. The van der Waals surface area contributed by atoms with Crippen LogP contribution >= 0.6 is 11.3 Å². The molecular weight excluding hydrogens is 258 g/mol. The van der Waals surface area contributed by atoms with Crippen molar-refractivity contribution in [1.29, 1.82) is 0 Å². The van der Waals surface area contributed by atoms with Gasteiger partial charge in [-0.15, -0.1) is 11.3 Å². The summed E-state index contributed by atoms with van der Waals surface area (Å²) in [5, 5.41) is 2.09. The van der Waals surface area contributed by atoms with Crippen molar-refractivity contribution in [3.05, 3.63) is 51.5 Å². The molecule has 3 rings (SSSR count). The minimum absolute atomic E-state index is 0.0638. The normalized spacial score (nSPS) is 14.3. The summed E-state index contributed by atoms with van der Waals surface area (Å²) in [6, 6.07) is 5.65. The van der Waals surface area contributed by atoms with Crippen molar-refractivity contribution in [1.82, 2.24) is 9.88 Å². The molecular formula is C14H15N3OS. The van der Waals surface area contributed by atoms with E-state index in [1.165, 1.54) is 10.4 Å². The van der Waals surface area contributed by atoms with Gasteiger partial charge in [0, 0.05) is 36.3 Å². The molecule has 98 valence electrons. The SMILES string of the molecule is NCc1cc(C(=O)N2CCc3sccc3C2)ccn1. The smallest absolute Gasteiger partial charge is 0.254 e. The monoisotopic (exact) mass is 273 g/mol. The van der Waals surface area contributed by atoms with Crippen LogP contribution in [-0.2, 0) is 19.5 Å². The van der Waals surface area contributed by atoms with Gasteiger partial charge >= 0.3 is 0 Å². The highest BCUT2D eigenvalue weighted by Crippen LogP contribution is 2.25. The van der Waals surface area contributed by atoms with Crippen molar-refractivity contribution in [2.75, 3.05) is 6.54 Å². The van der Waals surface area contributed by atoms with Crippen LogP contribution in [-0.4, -0.2) is 22.3 Å². The van der Waals surface area contributed by atoms with Gasteiger partial charge in [-0.25, -0.2) is 0 Å². The third-order valence-electron chi connectivity index (χ3n) is 3.37. The first-order valence-electron chi connectivity index (χ1n) is 6.27. The van der Waals surface area contributed by atoms with Gasteiger partial charge in [-0.2, -0.15) is 0 Å². The van der Waals surface area contributed by atoms with E-state index in [9.17, 15) is 4.79 Å². The maximum atomic E-state index is 12.5. The maximum Gasteiger partial charge on any atom is 0.254 e. The van der Waals surface area contributed by atoms with Crippen molar-refractivity contribution < 1.29 is 4.79 Å². The number of aromatic nitrogens is 1. The van der Waals surface area contributed by atoms with Gasteiger partial charge in [0.15, 0.2) is 0 Å². The van der Waals surface area contributed by atoms with E-state index in [2.05, 4.69) is 16.4 Å². The number of carbonyl (C=O) groups excluding carboxylic acids is 1. The Balaban J connectivity index is 1.81. The van der Waals surface area contributed by atoms with Gasteiger partial charge < -0.3 is 10.6 Å². The lowest BCUT2D eigenvalue weighted by Gasteiger charge is -2.27. The lowest BCUT2D eigenvalue weighted by molar-refractivity contribution is 0.0735. The summed E-state index contributed by atoms with van der Waals surface area (Å²) in [5.74, 6) is 0.0638. The molecule has 1 aliphatic rings. The first-order chi connectivity index (χ1) is 9.28. The largest absolute Gasteiger partial charge is 0.334 e. The number of amides is 1. The number of nitrogens with zero attached hydrogens (tertiary/aromatic N) is 2. The van der Waals surface area contributed by atoms with Gasteiger partial charge in [0.05, 0.1) is 5.69 Å². The number of carbonyl (C=O) groups is 1. The zero-order valence-electron chi connectivity index (χ0n) is 10.5. The summed E-state index contributed by atoms with van der Waals surface area (Å²) >= 11 is 1.78. The van der Waals surface area contributed by atoms with Gasteiger partial charge in [-0.1, -0.05) is 0 Å². The maximum absolute atomic E-state index is 12.5. The highest BCUT2D eigenvalue weighted by molar-refractivity contribution is 7.10. The van der Waals surface area contributed by atoms with E-state index in [0.717, 1.165) is 18.7 Å². The summed E-state index contributed by atoms with van der Waals surface area (Å²) < 4.78 is 0. The molecule has 0 bridgehead atoms. The van der Waals surface area contributed by atoms with Crippen LogP contribution in [0.2, 0.25) is 0 Å². The lowest BCUT2D eigenvalue weighted by Crippen LogP contribution is -2.35. The van der Waals surface area contributed by atoms with Crippen molar-refractivity contribution in [3.63, 3.8) is 0 Å². The first kappa shape index (κ1) is 12.3. The lowest BCUT2D eigenvalue weighted by atomic mass is 10.1. The fraction of sp³-hybridized carbons (Fsp3) is 0.286. The Morgan fingerprint density at radius 1 is 1.47 bits per heavy atom. The van der Waals surface area contributed by atoms with E-state index in [-0.39, 0.29) is 5.91 Å². The Bertz CT molecular complexity index is 608. The molecule has 19 heavy (non-hydrogen) atoms. The molecule has 0 radical (unpaired) electrons. The third kappa shape index (κ3) is 2.39. The average molecular weight is 273 g/mol. The summed E-state index contributed by atoms with van der Waals surface area (Å²) in [6.45, 7) is 1.85. The molecule has 2 N–H and O–H groups in total. The molecule has 4 nitrogen and oxygen atoms in total. The molecule has 2 aromatic heterocycles. The molecule has 0 saturated heterocycles. The zero-order valence-corrected chi connectivity index (χ0v) is 11.3. The predicted molar refractivity (Wildman–Crippen MR) is 74.9 cm³/mol. The number of thiophene rings is 1. The Hall–Kier alpha value is -1.72. The molecule has 0 aromatic carbocycles. The second-order valence-corrected chi connectivity index (χ2v) is 5.59. The van der Waals surface area contributed by atoms with Crippen molar-refractivity contribution in [2.24, 2.45) is 5.73 Å². The van der Waals surface area contributed by atoms with Crippen LogP contribution in [0, 0.1) is 0 Å². The number of fused-ring (bicyclic) bond motifs is 1. The van der Waals surface area contributed by atoms with Gasteiger partial charge in [-0.3, -0.25) is 9.78 Å². The van der Waals surface area contributed by atoms with Crippen LogP contribution in [0.1, 0.15) is 26.5 Å². The van der Waals surface area contributed by atoms with Crippen LogP contribution < -0.4 is 5.73 Å². The molecule has 1 amide bonds. The number of pyridine rings is 1. The first-order valence-corrected chi connectivity index (χ1v) is 7.15. The van der Waals surface area contributed by atoms with Gasteiger partial charge in [-0.05, 0) is 35.6 Å². The van der Waals surface area contributed by atoms with E-state index < -0.39 is 0 Å². The fourth-order valence-electron chi connectivity index (χ4n) is 2.33. The number of hydrogen-bond donors (Lipinski definition) is 1. The highest BCUT2D eigenvalue weighted by atomic mass is 32.1. The second-order valence-electron chi connectivity index (χ2n) is 4.59. The van der Waals surface area contributed by atoms with Crippen LogP contribution in [0.3, 0.4) is 0 Å². The van der Waals surface area contributed by atoms with Gasteiger partial charge in [0.25, 0.3) is 5.91 Å².